The van der Waals surface area contributed by atoms with E-state index in [9.17, 15) is 4.79 Å². The molecule has 4 aromatic rings. The molecule has 0 unspecified atom stereocenters. The van der Waals surface area contributed by atoms with Crippen LogP contribution in [0.3, 0.4) is 0 Å². The van der Waals surface area contributed by atoms with Gasteiger partial charge in [0.25, 0.3) is 5.91 Å². The number of hydrogen-bond donors (Lipinski definition) is 0. The molecule has 2 aromatic heterocycles. The number of nitrogens with zero attached hydrogens (tertiary/aromatic N) is 5. The molecule has 2 aliphatic heterocycles. The Balaban J connectivity index is 1.31. The number of aromatic nitrogens is 4. The van der Waals surface area contributed by atoms with Crippen molar-refractivity contribution in [2.45, 2.75) is 18.4 Å². The summed E-state index contributed by atoms with van der Waals surface area (Å²) in [6.45, 7) is 1.26. The van der Waals surface area contributed by atoms with E-state index in [0.717, 1.165) is 46.3 Å². The van der Waals surface area contributed by atoms with Crippen LogP contribution >= 0.6 is 0 Å². The van der Waals surface area contributed by atoms with Gasteiger partial charge in [-0.25, -0.2) is 0 Å². The van der Waals surface area contributed by atoms with Crippen LogP contribution < -0.4 is 4.74 Å². The number of piperidine rings is 1. The fourth-order valence-electron chi connectivity index (χ4n) is 5.08. The number of fused-ring (bicyclic) bond motifs is 5. The van der Waals surface area contributed by atoms with Crippen LogP contribution in [0, 0.1) is 0 Å². The number of likely N-dealkylation sites (tertiary alicyclic amines) is 1. The third-order valence-corrected chi connectivity index (χ3v) is 6.76. The van der Waals surface area contributed by atoms with Gasteiger partial charge in [-0.1, -0.05) is 18.2 Å². The zero-order chi connectivity index (χ0) is 21.2. The summed E-state index contributed by atoms with van der Waals surface area (Å²) < 4.78 is 10.3. The van der Waals surface area contributed by atoms with Crippen LogP contribution in [-0.2, 0) is 19.7 Å². The summed E-state index contributed by atoms with van der Waals surface area (Å²) in [6.07, 6.45) is 5.17. The Morgan fingerprint density at radius 2 is 1.74 bits per heavy atom. The Bertz CT molecular complexity index is 1330. The zero-order valence-electron chi connectivity index (χ0n) is 17.6. The summed E-state index contributed by atoms with van der Waals surface area (Å²) in [5.74, 6) is 0.939. The SMILES string of the molecule is Cn1ncc2c1-c1ccccc1OC21CCN(C(=O)c2cccc3c2cnn3C)CC1. The van der Waals surface area contributed by atoms with Crippen LogP contribution in [-0.4, -0.2) is 43.5 Å². The molecule has 2 aliphatic rings. The van der Waals surface area contributed by atoms with E-state index < -0.39 is 5.60 Å². The molecule has 1 spiro atoms. The molecule has 1 amide bonds. The number of benzene rings is 2. The lowest BCUT2D eigenvalue weighted by molar-refractivity contribution is -0.00166. The molecule has 0 N–H and O–H groups in total. The normalized spacial score (nSPS) is 16.8. The van der Waals surface area contributed by atoms with Gasteiger partial charge in [0.2, 0.25) is 0 Å². The Hall–Kier alpha value is -3.61. The van der Waals surface area contributed by atoms with E-state index in [1.807, 2.05) is 66.3 Å². The Kier molecular flexibility index (Phi) is 3.78. The van der Waals surface area contributed by atoms with Gasteiger partial charge in [0.15, 0.2) is 0 Å². The highest BCUT2D eigenvalue weighted by Gasteiger charge is 2.46. The minimum absolute atomic E-state index is 0.0519. The highest BCUT2D eigenvalue weighted by atomic mass is 16.5. The first-order valence-electron chi connectivity index (χ1n) is 10.6. The van der Waals surface area contributed by atoms with E-state index in [-0.39, 0.29) is 5.91 Å². The number of para-hydroxylation sites is 1. The van der Waals surface area contributed by atoms with E-state index in [2.05, 4.69) is 16.3 Å². The van der Waals surface area contributed by atoms with Crippen molar-refractivity contribution in [2.75, 3.05) is 13.1 Å². The van der Waals surface area contributed by atoms with Gasteiger partial charge in [-0.2, -0.15) is 10.2 Å². The predicted octanol–water partition coefficient (Wildman–Crippen LogP) is 3.50. The molecule has 6 rings (SSSR count). The molecular weight excluding hydrogens is 390 g/mol. The van der Waals surface area contributed by atoms with E-state index in [0.29, 0.717) is 18.7 Å². The molecule has 0 bridgehead atoms. The number of amides is 1. The molecule has 0 aliphatic carbocycles. The van der Waals surface area contributed by atoms with Crippen molar-refractivity contribution in [3.63, 3.8) is 0 Å². The second-order valence-corrected chi connectivity index (χ2v) is 8.42. The van der Waals surface area contributed by atoms with Crippen molar-refractivity contribution in [3.05, 3.63) is 66.0 Å². The first-order chi connectivity index (χ1) is 15.1. The zero-order valence-corrected chi connectivity index (χ0v) is 17.6. The van der Waals surface area contributed by atoms with Crippen LogP contribution in [0.4, 0.5) is 0 Å². The van der Waals surface area contributed by atoms with E-state index in [1.54, 1.807) is 10.9 Å². The minimum Gasteiger partial charge on any atom is -0.482 e. The molecule has 4 heterocycles. The van der Waals surface area contributed by atoms with Crippen LogP contribution in [0.25, 0.3) is 22.2 Å². The van der Waals surface area contributed by atoms with Gasteiger partial charge in [0, 0.05) is 56.5 Å². The molecule has 7 heteroatoms. The monoisotopic (exact) mass is 413 g/mol. The molecule has 0 atom stereocenters. The second-order valence-electron chi connectivity index (χ2n) is 8.42. The fourth-order valence-corrected chi connectivity index (χ4v) is 5.08. The number of carbonyl (C=O) groups excluding carboxylic acids is 1. The van der Waals surface area contributed by atoms with E-state index >= 15 is 0 Å². The van der Waals surface area contributed by atoms with Crippen molar-refractivity contribution < 1.29 is 9.53 Å². The number of ether oxygens (including phenoxy) is 1. The van der Waals surface area contributed by atoms with Gasteiger partial charge in [-0.15, -0.1) is 0 Å². The van der Waals surface area contributed by atoms with Crippen LogP contribution in [0.1, 0.15) is 28.8 Å². The standard InChI is InChI=1S/C24H23N5O2/c1-27-20-8-5-7-16(18(20)14-25-27)23(30)29-12-10-24(11-13-29)19-15-26-28(2)22(19)17-6-3-4-9-21(17)31-24/h3-9,14-15H,10-13H2,1-2H3. The van der Waals surface area contributed by atoms with Gasteiger partial charge < -0.3 is 9.64 Å². The van der Waals surface area contributed by atoms with Crippen LogP contribution in [0.2, 0.25) is 0 Å². The van der Waals surface area contributed by atoms with Gasteiger partial charge in [0.1, 0.15) is 11.4 Å². The van der Waals surface area contributed by atoms with Crippen molar-refractivity contribution in [3.8, 4) is 17.0 Å². The van der Waals surface area contributed by atoms with Crippen molar-refractivity contribution >= 4 is 16.8 Å². The molecule has 156 valence electrons. The minimum atomic E-state index is -0.449. The number of rotatable bonds is 1. The lowest BCUT2D eigenvalue weighted by atomic mass is 9.81. The Labute approximate surface area is 179 Å². The summed E-state index contributed by atoms with van der Waals surface area (Å²) in [5.41, 5.74) is 4.53. The van der Waals surface area contributed by atoms with Gasteiger partial charge in [0.05, 0.1) is 29.2 Å². The topological polar surface area (TPSA) is 65.2 Å². The lowest BCUT2D eigenvalue weighted by Crippen LogP contribution is -2.49. The van der Waals surface area contributed by atoms with Gasteiger partial charge >= 0.3 is 0 Å². The predicted molar refractivity (Wildman–Crippen MR) is 117 cm³/mol. The molecule has 31 heavy (non-hydrogen) atoms. The van der Waals surface area contributed by atoms with E-state index in [1.165, 1.54) is 0 Å². The van der Waals surface area contributed by atoms with Crippen LogP contribution in [0.15, 0.2) is 54.9 Å². The van der Waals surface area contributed by atoms with E-state index in [4.69, 9.17) is 4.74 Å². The molecule has 1 saturated heterocycles. The maximum absolute atomic E-state index is 13.4. The van der Waals surface area contributed by atoms with Crippen molar-refractivity contribution in [1.29, 1.82) is 0 Å². The lowest BCUT2D eigenvalue weighted by Gasteiger charge is -2.44. The van der Waals surface area contributed by atoms with Crippen molar-refractivity contribution in [1.82, 2.24) is 24.5 Å². The quantitative estimate of drug-likeness (QED) is 0.479. The Morgan fingerprint density at radius 3 is 2.58 bits per heavy atom. The second kappa shape index (κ2) is 6.44. The first-order valence-corrected chi connectivity index (χ1v) is 10.6. The molecule has 2 aromatic carbocycles. The highest BCUT2D eigenvalue weighted by molar-refractivity contribution is 6.06. The largest absolute Gasteiger partial charge is 0.482 e. The summed E-state index contributed by atoms with van der Waals surface area (Å²) in [7, 11) is 3.87. The maximum Gasteiger partial charge on any atom is 0.254 e. The fraction of sp³-hybridized carbons (Fsp3) is 0.292. The summed E-state index contributed by atoms with van der Waals surface area (Å²) in [4.78, 5) is 15.3. The van der Waals surface area contributed by atoms with Gasteiger partial charge in [-0.05, 0) is 24.3 Å². The molecule has 1 fully saturated rings. The molecule has 7 nitrogen and oxygen atoms in total. The molecular formula is C24H23N5O2. The first kappa shape index (κ1) is 18.2. The average Bonchev–Trinajstić information content (AvgIpc) is 3.38. The third-order valence-electron chi connectivity index (χ3n) is 6.76. The summed E-state index contributed by atoms with van der Waals surface area (Å²) >= 11 is 0. The molecule has 0 saturated carbocycles. The highest BCUT2D eigenvalue weighted by Crippen LogP contribution is 2.49. The Morgan fingerprint density at radius 1 is 0.968 bits per heavy atom. The number of hydrogen-bond acceptors (Lipinski definition) is 4. The van der Waals surface area contributed by atoms with Crippen LogP contribution in [0.5, 0.6) is 5.75 Å². The molecule has 0 radical (unpaired) electrons. The summed E-state index contributed by atoms with van der Waals surface area (Å²) in [6, 6.07) is 13.9. The maximum atomic E-state index is 13.4. The third kappa shape index (κ3) is 2.55. The van der Waals surface area contributed by atoms with Gasteiger partial charge in [-0.3, -0.25) is 14.2 Å². The smallest absolute Gasteiger partial charge is 0.254 e. The average molecular weight is 413 g/mol. The number of carbonyl (C=O) groups is 1. The number of aryl methyl sites for hydroxylation is 2. The summed E-state index contributed by atoms with van der Waals surface area (Å²) in [5, 5.41) is 9.75. The van der Waals surface area contributed by atoms with Crippen molar-refractivity contribution in [2.24, 2.45) is 14.1 Å².